The number of nitrogens with one attached hydrogen (secondary N) is 2. The quantitative estimate of drug-likeness (QED) is 0.728. The molecule has 0 unspecified atom stereocenters. The summed E-state index contributed by atoms with van der Waals surface area (Å²) in [5.41, 5.74) is 0.0509. The van der Waals surface area contributed by atoms with Crippen molar-refractivity contribution in [1.82, 2.24) is 15.5 Å². The Labute approximate surface area is 183 Å². The minimum absolute atomic E-state index is 0.0382. The van der Waals surface area contributed by atoms with Crippen LogP contribution in [-0.2, 0) is 9.59 Å². The van der Waals surface area contributed by atoms with Crippen molar-refractivity contribution in [1.29, 1.82) is 0 Å². The van der Waals surface area contributed by atoms with Crippen molar-refractivity contribution in [3.05, 3.63) is 48.0 Å². The molecule has 31 heavy (non-hydrogen) atoms. The molecule has 2 fully saturated rings. The van der Waals surface area contributed by atoms with Crippen molar-refractivity contribution in [3.8, 4) is 0 Å². The molecule has 2 N–H and O–H groups in total. The fourth-order valence-corrected chi connectivity index (χ4v) is 5.64. The molecular weight excluding hydrogens is 390 g/mol. The number of urea groups is 1. The molecule has 1 saturated carbocycles. The number of carbonyl (C=O) groups is 3. The maximum atomic E-state index is 13.2. The van der Waals surface area contributed by atoms with E-state index >= 15 is 0 Å². The van der Waals surface area contributed by atoms with Gasteiger partial charge >= 0.3 is 6.03 Å². The van der Waals surface area contributed by atoms with Crippen LogP contribution in [0.2, 0.25) is 0 Å². The van der Waals surface area contributed by atoms with E-state index in [4.69, 9.17) is 0 Å². The van der Waals surface area contributed by atoms with E-state index < -0.39 is 11.6 Å². The number of nitrogens with zero attached hydrogens (tertiary/aromatic N) is 1. The lowest BCUT2D eigenvalue weighted by Crippen LogP contribution is -2.54. The lowest BCUT2D eigenvalue weighted by Gasteiger charge is -2.43. The number of hydrogen-bond donors (Lipinski definition) is 2. The molecular formula is C25H31N3O3. The Kier molecular flexibility index (Phi) is 5.28. The third-order valence-corrected chi connectivity index (χ3v) is 6.58. The zero-order valence-corrected chi connectivity index (χ0v) is 18.7. The summed E-state index contributed by atoms with van der Waals surface area (Å²) in [6.07, 6.45) is 2.23. The number of fused-ring (bicyclic) bond motifs is 1. The Morgan fingerprint density at radius 2 is 1.87 bits per heavy atom. The summed E-state index contributed by atoms with van der Waals surface area (Å²) in [5, 5.41) is 8.10. The first-order valence-corrected chi connectivity index (χ1v) is 11.0. The van der Waals surface area contributed by atoms with Gasteiger partial charge in [-0.1, -0.05) is 57.2 Å². The van der Waals surface area contributed by atoms with Crippen molar-refractivity contribution in [2.45, 2.75) is 58.5 Å². The van der Waals surface area contributed by atoms with Crippen molar-refractivity contribution in [2.75, 3.05) is 6.54 Å². The molecule has 0 radical (unpaired) electrons. The smallest absolute Gasteiger partial charge is 0.325 e. The Morgan fingerprint density at radius 1 is 1.16 bits per heavy atom. The van der Waals surface area contributed by atoms with E-state index in [1.54, 1.807) is 0 Å². The highest BCUT2D eigenvalue weighted by Crippen LogP contribution is 2.46. The monoisotopic (exact) mass is 421 g/mol. The molecule has 6 heteroatoms. The van der Waals surface area contributed by atoms with E-state index in [9.17, 15) is 14.4 Å². The lowest BCUT2D eigenvalue weighted by molar-refractivity contribution is -0.137. The molecule has 4 amide bonds. The second-order valence-corrected chi connectivity index (χ2v) is 10.2. The van der Waals surface area contributed by atoms with Crippen molar-refractivity contribution >= 4 is 28.6 Å². The molecule has 2 aromatic rings. The van der Waals surface area contributed by atoms with Crippen LogP contribution in [0.5, 0.6) is 0 Å². The second-order valence-electron chi connectivity index (χ2n) is 10.2. The van der Waals surface area contributed by atoms with E-state index in [0.717, 1.165) is 27.7 Å². The zero-order chi connectivity index (χ0) is 22.4. The van der Waals surface area contributed by atoms with E-state index in [2.05, 4.69) is 37.5 Å². The zero-order valence-electron chi connectivity index (χ0n) is 18.7. The molecule has 0 bridgehead atoms. The highest BCUT2D eigenvalue weighted by Gasteiger charge is 2.56. The Hall–Kier alpha value is -2.89. The van der Waals surface area contributed by atoms with Crippen LogP contribution in [0.1, 0.15) is 58.6 Å². The molecule has 2 aliphatic rings. The number of rotatable bonds is 4. The second kappa shape index (κ2) is 7.66. The summed E-state index contributed by atoms with van der Waals surface area (Å²) in [5.74, 6) is -0.287. The van der Waals surface area contributed by atoms with Crippen LogP contribution >= 0.6 is 0 Å². The number of carbonyl (C=O) groups excluding carboxylic acids is 3. The largest absolute Gasteiger partial charge is 0.348 e. The fraction of sp³-hybridized carbons (Fsp3) is 0.480. The third kappa shape index (κ3) is 4.16. The standard InChI is InChI=1S/C25H31N3O3/c1-16-12-24(3,4)15-25(13-16)22(30)28(23(31)27-25)14-21(29)26-17(2)19-10-9-18-7-5-6-8-20(18)11-19/h5-11,16-17H,12-15H2,1-4H3,(H,26,29)(H,27,31)/t16-,17+,25-/m0/s1. The van der Waals surface area contributed by atoms with Crippen LogP contribution in [0, 0.1) is 11.3 Å². The molecule has 4 rings (SSSR count). The summed E-state index contributed by atoms with van der Waals surface area (Å²) in [6.45, 7) is 8.01. The Bertz CT molecular complexity index is 1050. The van der Waals surface area contributed by atoms with Gasteiger partial charge in [0.2, 0.25) is 5.91 Å². The van der Waals surface area contributed by atoms with Crippen LogP contribution in [0.3, 0.4) is 0 Å². The molecule has 1 spiro atoms. The van der Waals surface area contributed by atoms with Gasteiger partial charge in [0, 0.05) is 0 Å². The van der Waals surface area contributed by atoms with Crippen molar-refractivity contribution < 1.29 is 14.4 Å². The van der Waals surface area contributed by atoms with Gasteiger partial charge in [-0.2, -0.15) is 0 Å². The van der Waals surface area contributed by atoms with Gasteiger partial charge in [0.05, 0.1) is 6.04 Å². The predicted octanol–water partition coefficient (Wildman–Crippen LogP) is 4.15. The van der Waals surface area contributed by atoms with Gasteiger partial charge in [-0.15, -0.1) is 0 Å². The normalized spacial score (nSPS) is 26.2. The average molecular weight is 422 g/mol. The van der Waals surface area contributed by atoms with E-state index in [0.29, 0.717) is 18.8 Å². The summed E-state index contributed by atoms with van der Waals surface area (Å²) in [7, 11) is 0. The third-order valence-electron chi connectivity index (χ3n) is 6.58. The topological polar surface area (TPSA) is 78.5 Å². The van der Waals surface area contributed by atoms with E-state index in [1.165, 1.54) is 0 Å². The molecule has 1 aliphatic heterocycles. The highest BCUT2D eigenvalue weighted by atomic mass is 16.2. The van der Waals surface area contributed by atoms with Gasteiger partial charge in [0.1, 0.15) is 12.1 Å². The first kappa shape index (κ1) is 21.3. The van der Waals surface area contributed by atoms with Crippen LogP contribution < -0.4 is 10.6 Å². The summed E-state index contributed by atoms with van der Waals surface area (Å²) in [4.78, 5) is 39.6. The minimum Gasteiger partial charge on any atom is -0.348 e. The minimum atomic E-state index is -0.886. The molecule has 164 valence electrons. The SMILES string of the molecule is C[C@H]1CC(C)(C)C[C@]2(C1)NC(=O)N(CC(=O)N[C@H](C)c1ccc3ccccc3c1)C2=O. The molecule has 6 nitrogen and oxygen atoms in total. The predicted molar refractivity (Wildman–Crippen MR) is 120 cm³/mol. The van der Waals surface area contributed by atoms with Crippen molar-refractivity contribution in [2.24, 2.45) is 11.3 Å². The van der Waals surface area contributed by atoms with Crippen LogP contribution in [-0.4, -0.2) is 34.8 Å². The average Bonchev–Trinajstić information content (AvgIpc) is 2.89. The number of benzene rings is 2. The lowest BCUT2D eigenvalue weighted by atomic mass is 9.64. The molecule has 1 saturated heterocycles. The first-order valence-electron chi connectivity index (χ1n) is 11.0. The molecule has 3 atom stereocenters. The van der Waals surface area contributed by atoms with Crippen molar-refractivity contribution in [3.63, 3.8) is 0 Å². The summed E-state index contributed by atoms with van der Waals surface area (Å²) >= 11 is 0. The highest BCUT2D eigenvalue weighted by molar-refractivity contribution is 6.09. The van der Waals surface area contributed by atoms with Gasteiger partial charge in [-0.05, 0) is 59.9 Å². The summed E-state index contributed by atoms with van der Waals surface area (Å²) < 4.78 is 0. The molecule has 2 aromatic carbocycles. The van der Waals surface area contributed by atoms with Crippen LogP contribution in [0.15, 0.2) is 42.5 Å². The van der Waals surface area contributed by atoms with Gasteiger partial charge < -0.3 is 10.6 Å². The first-order chi connectivity index (χ1) is 14.6. The fourth-order valence-electron chi connectivity index (χ4n) is 5.64. The van der Waals surface area contributed by atoms with Crippen LogP contribution in [0.25, 0.3) is 10.8 Å². The number of amides is 4. The van der Waals surface area contributed by atoms with Crippen LogP contribution in [0.4, 0.5) is 4.79 Å². The maximum absolute atomic E-state index is 13.2. The van der Waals surface area contributed by atoms with Gasteiger partial charge in [-0.25, -0.2) is 4.79 Å². The molecule has 1 heterocycles. The number of hydrogen-bond acceptors (Lipinski definition) is 3. The summed E-state index contributed by atoms with van der Waals surface area (Å²) in [6, 6.07) is 13.4. The Balaban J connectivity index is 1.44. The van der Waals surface area contributed by atoms with Gasteiger partial charge in [-0.3, -0.25) is 14.5 Å². The van der Waals surface area contributed by atoms with E-state index in [-0.39, 0.29) is 29.8 Å². The Morgan fingerprint density at radius 3 is 2.58 bits per heavy atom. The van der Waals surface area contributed by atoms with Gasteiger partial charge in [0.15, 0.2) is 0 Å². The van der Waals surface area contributed by atoms with Gasteiger partial charge in [0.25, 0.3) is 5.91 Å². The van der Waals surface area contributed by atoms with E-state index in [1.807, 2.05) is 43.3 Å². The molecule has 1 aliphatic carbocycles. The maximum Gasteiger partial charge on any atom is 0.325 e. The molecule has 0 aromatic heterocycles. The number of imide groups is 1.